The highest BCUT2D eigenvalue weighted by molar-refractivity contribution is 7.89. The monoisotopic (exact) mass is 246 g/mol. The molecule has 0 aliphatic heterocycles. The van der Waals surface area contributed by atoms with Crippen LogP contribution >= 0.6 is 0 Å². The van der Waals surface area contributed by atoms with Gasteiger partial charge in [-0.25, -0.2) is 13.2 Å². The van der Waals surface area contributed by atoms with E-state index < -0.39 is 16.0 Å². The second-order valence-electron chi connectivity index (χ2n) is 3.60. The van der Waals surface area contributed by atoms with E-state index in [1.54, 1.807) is 0 Å². The van der Waals surface area contributed by atoms with Crippen LogP contribution in [0, 0.1) is 0 Å². The van der Waals surface area contributed by atoms with Crippen molar-refractivity contribution in [2.24, 2.45) is 0 Å². The van der Waals surface area contributed by atoms with Crippen LogP contribution in [0.3, 0.4) is 0 Å². The maximum Gasteiger partial charge on any atom is 0.352 e. The van der Waals surface area contributed by atoms with Gasteiger partial charge in [-0.05, 0) is 18.9 Å². The summed E-state index contributed by atoms with van der Waals surface area (Å²) in [5, 5.41) is 17.3. The Bertz CT molecular complexity index is 529. The van der Waals surface area contributed by atoms with Crippen molar-refractivity contribution in [3.8, 4) is 0 Å². The number of sulfonamides is 1. The Morgan fingerprint density at radius 1 is 1.50 bits per heavy atom. The summed E-state index contributed by atoms with van der Waals surface area (Å²) >= 11 is 0. The smallest absolute Gasteiger partial charge is 0.352 e. The standard InChI is InChI=1S/C8H10N2O5S/c11-8(12)7-3-6(16(14,15)9-13)4-10(7)5-1-2-5/h3-5,9,13H,1-2H2,(H,11,12). The average Bonchev–Trinajstić information content (AvgIpc) is 2.96. The van der Waals surface area contributed by atoms with Gasteiger partial charge in [-0.2, -0.15) is 0 Å². The van der Waals surface area contributed by atoms with Crippen molar-refractivity contribution < 1.29 is 23.5 Å². The summed E-state index contributed by atoms with van der Waals surface area (Å²) in [6.07, 6.45) is 2.89. The summed E-state index contributed by atoms with van der Waals surface area (Å²) < 4.78 is 23.9. The van der Waals surface area contributed by atoms with E-state index in [2.05, 4.69) is 0 Å². The third-order valence-corrected chi connectivity index (χ3v) is 3.50. The summed E-state index contributed by atoms with van der Waals surface area (Å²) in [7, 11) is -4.02. The van der Waals surface area contributed by atoms with Crippen LogP contribution in [-0.4, -0.2) is 29.3 Å². The molecule has 1 aliphatic rings. The molecular weight excluding hydrogens is 236 g/mol. The molecule has 0 bridgehead atoms. The Hall–Kier alpha value is -1.38. The van der Waals surface area contributed by atoms with E-state index in [4.69, 9.17) is 10.3 Å². The normalized spacial score (nSPS) is 16.3. The Morgan fingerprint density at radius 2 is 2.12 bits per heavy atom. The molecule has 1 fully saturated rings. The van der Waals surface area contributed by atoms with Crippen LogP contribution in [0.1, 0.15) is 29.4 Å². The van der Waals surface area contributed by atoms with Gasteiger partial charge in [0.25, 0.3) is 10.0 Å². The van der Waals surface area contributed by atoms with E-state index in [0.717, 1.165) is 23.8 Å². The number of nitrogens with zero attached hydrogens (tertiary/aromatic N) is 1. The highest BCUT2D eigenvalue weighted by Gasteiger charge is 2.30. The van der Waals surface area contributed by atoms with Crippen LogP contribution < -0.4 is 4.89 Å². The van der Waals surface area contributed by atoms with Crippen LogP contribution in [-0.2, 0) is 10.0 Å². The zero-order valence-electron chi connectivity index (χ0n) is 8.12. The fourth-order valence-corrected chi connectivity index (χ4v) is 2.10. The van der Waals surface area contributed by atoms with Gasteiger partial charge in [-0.3, -0.25) is 0 Å². The van der Waals surface area contributed by atoms with E-state index in [9.17, 15) is 13.2 Å². The average molecular weight is 246 g/mol. The largest absolute Gasteiger partial charge is 0.477 e. The lowest BCUT2D eigenvalue weighted by molar-refractivity contribution is 0.0685. The molecule has 3 N–H and O–H groups in total. The van der Waals surface area contributed by atoms with Gasteiger partial charge in [-0.15, -0.1) is 0 Å². The first-order valence-electron chi connectivity index (χ1n) is 4.57. The summed E-state index contributed by atoms with van der Waals surface area (Å²) in [5.41, 5.74) is -0.0867. The Morgan fingerprint density at radius 3 is 2.56 bits per heavy atom. The third-order valence-electron chi connectivity index (χ3n) is 2.41. The molecule has 88 valence electrons. The SMILES string of the molecule is O=C(O)c1cc(S(=O)(=O)NO)cn1C1CC1. The lowest BCUT2D eigenvalue weighted by Crippen LogP contribution is -2.18. The maximum absolute atomic E-state index is 11.3. The molecule has 1 heterocycles. The molecule has 0 spiro atoms. The van der Waals surface area contributed by atoms with Crippen LogP contribution in [0.2, 0.25) is 0 Å². The highest BCUT2D eigenvalue weighted by atomic mass is 32.2. The van der Waals surface area contributed by atoms with Gasteiger partial charge >= 0.3 is 5.97 Å². The number of aromatic carboxylic acids is 1. The molecule has 1 saturated carbocycles. The minimum atomic E-state index is -4.02. The Labute approximate surface area is 91.3 Å². The molecule has 0 unspecified atom stereocenters. The molecule has 16 heavy (non-hydrogen) atoms. The number of carboxylic acids is 1. The van der Waals surface area contributed by atoms with Crippen LogP contribution in [0.25, 0.3) is 0 Å². The summed E-state index contributed by atoms with van der Waals surface area (Å²) in [6.45, 7) is 0. The number of carbonyl (C=O) groups is 1. The first kappa shape index (κ1) is 11.1. The second-order valence-corrected chi connectivity index (χ2v) is 5.26. The van der Waals surface area contributed by atoms with E-state index in [1.807, 2.05) is 0 Å². The van der Waals surface area contributed by atoms with Crippen molar-refractivity contribution in [3.63, 3.8) is 0 Å². The van der Waals surface area contributed by atoms with E-state index in [-0.39, 0.29) is 16.6 Å². The quantitative estimate of drug-likeness (QED) is 0.657. The molecule has 7 nitrogen and oxygen atoms in total. The van der Waals surface area contributed by atoms with Crippen molar-refractivity contribution in [1.82, 2.24) is 9.45 Å². The number of hydrogen-bond donors (Lipinski definition) is 3. The van der Waals surface area contributed by atoms with Gasteiger partial charge in [0.15, 0.2) is 0 Å². The summed E-state index contributed by atoms with van der Waals surface area (Å²) in [6, 6.07) is 1.08. The zero-order valence-corrected chi connectivity index (χ0v) is 8.94. The van der Waals surface area contributed by atoms with Gasteiger partial charge in [0.05, 0.1) is 0 Å². The van der Waals surface area contributed by atoms with Gasteiger partial charge in [0.1, 0.15) is 10.6 Å². The molecule has 1 aliphatic carbocycles. The molecule has 0 amide bonds. The van der Waals surface area contributed by atoms with Gasteiger partial charge < -0.3 is 14.9 Å². The number of rotatable bonds is 4. The lowest BCUT2D eigenvalue weighted by atomic mass is 10.4. The molecule has 1 aromatic rings. The molecule has 0 radical (unpaired) electrons. The highest BCUT2D eigenvalue weighted by Crippen LogP contribution is 2.37. The molecule has 0 atom stereocenters. The number of nitrogens with one attached hydrogen (secondary N) is 1. The third kappa shape index (κ3) is 1.82. The van der Waals surface area contributed by atoms with E-state index >= 15 is 0 Å². The van der Waals surface area contributed by atoms with E-state index in [1.165, 1.54) is 10.8 Å². The van der Waals surface area contributed by atoms with Gasteiger partial charge in [-0.1, -0.05) is 4.89 Å². The molecule has 8 heteroatoms. The minimum Gasteiger partial charge on any atom is -0.477 e. The lowest BCUT2D eigenvalue weighted by Gasteiger charge is -2.01. The van der Waals surface area contributed by atoms with Crippen molar-refractivity contribution in [2.45, 2.75) is 23.8 Å². The second kappa shape index (κ2) is 3.58. The molecule has 0 aromatic carbocycles. The molecular formula is C8H10N2O5S. The van der Waals surface area contributed by atoms with Crippen LogP contribution in [0.5, 0.6) is 0 Å². The van der Waals surface area contributed by atoms with Gasteiger partial charge in [0.2, 0.25) is 0 Å². The predicted octanol–water partition coefficient (Wildman–Crippen LogP) is 0.189. The summed E-state index contributed by atoms with van der Waals surface area (Å²) in [5.74, 6) is -1.19. The summed E-state index contributed by atoms with van der Waals surface area (Å²) in [4.78, 5) is 11.8. The fourth-order valence-electron chi connectivity index (χ4n) is 1.48. The minimum absolute atomic E-state index is 0.0498. The Kier molecular flexibility index (Phi) is 2.49. The van der Waals surface area contributed by atoms with Crippen LogP contribution in [0.4, 0.5) is 0 Å². The number of carboxylic acid groups (broad SMARTS) is 1. The maximum atomic E-state index is 11.3. The number of hydrogen-bond acceptors (Lipinski definition) is 4. The topological polar surface area (TPSA) is 109 Å². The number of aromatic nitrogens is 1. The molecule has 0 saturated heterocycles. The fraction of sp³-hybridized carbons (Fsp3) is 0.375. The van der Waals surface area contributed by atoms with Crippen molar-refractivity contribution in [3.05, 3.63) is 18.0 Å². The van der Waals surface area contributed by atoms with Crippen molar-refractivity contribution >= 4 is 16.0 Å². The molecule has 2 rings (SSSR count). The molecule has 1 aromatic heterocycles. The first-order chi connectivity index (χ1) is 7.45. The van der Waals surface area contributed by atoms with E-state index in [0.29, 0.717) is 0 Å². The predicted molar refractivity (Wildman–Crippen MR) is 51.8 cm³/mol. The zero-order chi connectivity index (χ0) is 11.9. The van der Waals surface area contributed by atoms with Crippen molar-refractivity contribution in [1.29, 1.82) is 0 Å². The van der Waals surface area contributed by atoms with Crippen molar-refractivity contribution in [2.75, 3.05) is 0 Å². The first-order valence-corrected chi connectivity index (χ1v) is 6.05. The Balaban J connectivity index is 2.50. The van der Waals surface area contributed by atoms with Gasteiger partial charge in [0, 0.05) is 12.2 Å². The van der Waals surface area contributed by atoms with Crippen LogP contribution in [0.15, 0.2) is 17.2 Å².